The third-order valence-corrected chi connectivity index (χ3v) is 6.86. The predicted octanol–water partition coefficient (Wildman–Crippen LogP) is 3.65. The Kier molecular flexibility index (Phi) is 5.07. The van der Waals surface area contributed by atoms with Crippen LogP contribution in [0, 0.1) is 0 Å². The smallest absolute Gasteiger partial charge is 0.329 e. The molecule has 0 saturated carbocycles. The summed E-state index contributed by atoms with van der Waals surface area (Å²) in [6, 6.07) is 11.1. The maximum absolute atomic E-state index is 12.7. The second-order valence-corrected chi connectivity index (χ2v) is 8.93. The lowest BCUT2D eigenvalue weighted by Gasteiger charge is -2.25. The third-order valence-electron chi connectivity index (χ3n) is 4.83. The number of amidine groups is 1. The van der Waals surface area contributed by atoms with Crippen molar-refractivity contribution in [2.24, 2.45) is 4.40 Å². The fourth-order valence-corrected chi connectivity index (χ4v) is 5.19. The lowest BCUT2D eigenvalue weighted by molar-refractivity contribution is -0.149. The summed E-state index contributed by atoms with van der Waals surface area (Å²) in [5, 5.41) is 0.840. The fraction of sp³-hybridized carbons (Fsp3) is 0.263. The number of fused-ring (bicyclic) bond motifs is 1. The molecule has 1 atom stereocenters. The van der Waals surface area contributed by atoms with Crippen molar-refractivity contribution in [3.63, 3.8) is 0 Å². The highest BCUT2D eigenvalue weighted by atomic mass is 35.5. The fourth-order valence-electron chi connectivity index (χ4n) is 3.47. The van der Waals surface area contributed by atoms with Crippen LogP contribution in [0.1, 0.15) is 24.0 Å². The van der Waals surface area contributed by atoms with E-state index in [1.807, 2.05) is 0 Å². The minimum absolute atomic E-state index is 0.0525. The first-order valence-corrected chi connectivity index (χ1v) is 10.9. The number of hydrogen-bond acceptors (Lipinski definition) is 5. The summed E-state index contributed by atoms with van der Waals surface area (Å²) >= 11 is 12.2. The van der Waals surface area contributed by atoms with Gasteiger partial charge >= 0.3 is 5.97 Å². The van der Waals surface area contributed by atoms with Crippen LogP contribution in [0.25, 0.3) is 0 Å². The molecule has 2 aromatic carbocycles. The molecule has 146 valence electrons. The summed E-state index contributed by atoms with van der Waals surface area (Å²) in [6.07, 6.45) is 1.28. The Morgan fingerprint density at radius 3 is 2.61 bits per heavy atom. The summed E-state index contributed by atoms with van der Waals surface area (Å²) in [4.78, 5) is 14.6. The molecule has 0 spiro atoms. The monoisotopic (exact) mass is 438 g/mol. The number of ether oxygens (including phenoxy) is 1. The Labute approximate surface area is 172 Å². The number of carbonyl (C=O) groups excluding carboxylic acids is 1. The van der Waals surface area contributed by atoms with Crippen molar-refractivity contribution in [3.05, 3.63) is 63.6 Å². The molecule has 2 aliphatic heterocycles. The minimum atomic E-state index is -3.75. The van der Waals surface area contributed by atoms with Crippen LogP contribution in [0.2, 0.25) is 10.0 Å². The maximum Gasteiger partial charge on any atom is 0.329 e. The van der Waals surface area contributed by atoms with Gasteiger partial charge < -0.3 is 9.64 Å². The van der Waals surface area contributed by atoms with Gasteiger partial charge in [-0.05, 0) is 37.1 Å². The molecule has 1 unspecified atom stereocenters. The second kappa shape index (κ2) is 7.39. The molecule has 4 rings (SSSR count). The first-order chi connectivity index (χ1) is 13.4. The summed E-state index contributed by atoms with van der Waals surface area (Å²) in [6.45, 7) is 0.471. The van der Waals surface area contributed by atoms with Crippen molar-refractivity contribution in [1.82, 2.24) is 4.90 Å². The summed E-state index contributed by atoms with van der Waals surface area (Å²) in [5.74, 6) is -0.163. The Balaban J connectivity index is 1.55. The van der Waals surface area contributed by atoms with Gasteiger partial charge in [0.2, 0.25) is 0 Å². The van der Waals surface area contributed by atoms with E-state index in [4.69, 9.17) is 27.9 Å². The van der Waals surface area contributed by atoms with E-state index in [0.717, 1.165) is 6.42 Å². The quantitative estimate of drug-likeness (QED) is 0.683. The number of esters is 1. The summed E-state index contributed by atoms with van der Waals surface area (Å²) in [5.41, 5.74) is 1.05. The van der Waals surface area contributed by atoms with Crippen LogP contribution in [0.4, 0.5) is 0 Å². The van der Waals surface area contributed by atoms with Crippen LogP contribution >= 0.6 is 23.2 Å². The number of hydrogen-bond donors (Lipinski definition) is 0. The molecule has 6 nitrogen and oxygen atoms in total. The van der Waals surface area contributed by atoms with Crippen molar-refractivity contribution in [2.75, 3.05) is 6.54 Å². The zero-order chi connectivity index (χ0) is 19.9. The van der Waals surface area contributed by atoms with Gasteiger partial charge in [0.25, 0.3) is 10.0 Å². The number of carbonyl (C=O) groups is 1. The van der Waals surface area contributed by atoms with Crippen molar-refractivity contribution in [1.29, 1.82) is 0 Å². The molecule has 0 N–H and O–H groups in total. The van der Waals surface area contributed by atoms with Crippen LogP contribution in [0.3, 0.4) is 0 Å². The molecule has 9 heteroatoms. The molecule has 28 heavy (non-hydrogen) atoms. The second-order valence-electron chi connectivity index (χ2n) is 6.55. The Hall–Kier alpha value is -2.09. The van der Waals surface area contributed by atoms with Crippen LogP contribution in [0.5, 0.6) is 0 Å². The highest BCUT2D eigenvalue weighted by Gasteiger charge is 2.39. The molecule has 0 aromatic heterocycles. The lowest BCUT2D eigenvalue weighted by Crippen LogP contribution is -2.41. The molecule has 0 bridgehead atoms. The molecule has 2 heterocycles. The third kappa shape index (κ3) is 3.38. The number of sulfonamides is 1. The van der Waals surface area contributed by atoms with Gasteiger partial charge in [-0.2, -0.15) is 8.42 Å². The SMILES string of the molecule is O=C(OCc1c(Cl)cccc1Cl)C1CCCN1C1=NS(=O)(=O)c2ccccc21. The lowest BCUT2D eigenvalue weighted by atomic mass is 10.1. The molecule has 2 aliphatic rings. The van der Waals surface area contributed by atoms with E-state index in [0.29, 0.717) is 40.0 Å². The van der Waals surface area contributed by atoms with Crippen molar-refractivity contribution >= 4 is 45.0 Å². The number of likely N-dealkylation sites (tertiary alicyclic amines) is 1. The zero-order valence-electron chi connectivity index (χ0n) is 14.6. The van der Waals surface area contributed by atoms with E-state index in [2.05, 4.69) is 4.40 Å². The van der Waals surface area contributed by atoms with Crippen molar-refractivity contribution in [3.8, 4) is 0 Å². The summed E-state index contributed by atoms with van der Waals surface area (Å²) in [7, 11) is -3.75. The van der Waals surface area contributed by atoms with Gasteiger partial charge in [0.1, 0.15) is 17.5 Å². The van der Waals surface area contributed by atoms with Gasteiger partial charge in [-0.3, -0.25) is 0 Å². The number of nitrogens with zero attached hydrogens (tertiary/aromatic N) is 2. The average molecular weight is 439 g/mol. The van der Waals surface area contributed by atoms with E-state index in [9.17, 15) is 13.2 Å². The van der Waals surface area contributed by atoms with Crippen molar-refractivity contribution in [2.45, 2.75) is 30.4 Å². The van der Waals surface area contributed by atoms with Crippen LogP contribution < -0.4 is 0 Å². The Morgan fingerprint density at radius 1 is 1.14 bits per heavy atom. The zero-order valence-corrected chi connectivity index (χ0v) is 17.0. The van der Waals surface area contributed by atoms with Gasteiger partial charge in [0, 0.05) is 27.7 Å². The molecular weight excluding hydrogens is 423 g/mol. The van der Waals surface area contributed by atoms with Gasteiger partial charge in [-0.25, -0.2) is 4.79 Å². The van der Waals surface area contributed by atoms with Gasteiger partial charge in [0.15, 0.2) is 5.84 Å². The van der Waals surface area contributed by atoms with E-state index in [1.54, 1.807) is 41.3 Å². The summed E-state index contributed by atoms with van der Waals surface area (Å²) < 4.78 is 34.0. The first-order valence-electron chi connectivity index (χ1n) is 8.69. The van der Waals surface area contributed by atoms with E-state index >= 15 is 0 Å². The molecular formula is C19H16Cl2N2O4S. The average Bonchev–Trinajstić information content (AvgIpc) is 3.24. The number of halogens is 2. The Bertz CT molecular complexity index is 1060. The maximum atomic E-state index is 12.7. The largest absolute Gasteiger partial charge is 0.459 e. The first kappa shape index (κ1) is 19.2. The molecule has 0 amide bonds. The predicted molar refractivity (Wildman–Crippen MR) is 106 cm³/mol. The Morgan fingerprint density at radius 2 is 1.86 bits per heavy atom. The topological polar surface area (TPSA) is 76.0 Å². The molecule has 1 fully saturated rings. The van der Waals surface area contributed by atoms with Crippen molar-refractivity contribution < 1.29 is 17.9 Å². The van der Waals surface area contributed by atoms with E-state index in [-0.39, 0.29) is 11.5 Å². The van der Waals surface area contributed by atoms with Crippen LogP contribution in [-0.2, 0) is 26.2 Å². The van der Waals surface area contributed by atoms with E-state index in [1.165, 1.54) is 6.07 Å². The van der Waals surface area contributed by atoms with Crippen LogP contribution in [-0.4, -0.2) is 37.7 Å². The molecule has 0 aliphatic carbocycles. The van der Waals surface area contributed by atoms with Crippen LogP contribution in [0.15, 0.2) is 51.8 Å². The molecule has 0 radical (unpaired) electrons. The minimum Gasteiger partial charge on any atom is -0.459 e. The molecule has 1 saturated heterocycles. The highest BCUT2D eigenvalue weighted by Crippen LogP contribution is 2.32. The van der Waals surface area contributed by atoms with Gasteiger partial charge in [-0.1, -0.05) is 41.4 Å². The molecule has 2 aromatic rings. The van der Waals surface area contributed by atoms with E-state index < -0.39 is 22.0 Å². The standard InChI is InChI=1S/C19H16Cl2N2O4S/c20-14-6-3-7-15(21)13(14)11-27-19(24)16-8-4-10-23(16)18-12-5-1-2-9-17(12)28(25,26)22-18/h1-3,5-7,9,16H,4,8,10-11H2. The highest BCUT2D eigenvalue weighted by molar-refractivity contribution is 7.90. The van der Waals surface area contributed by atoms with Gasteiger partial charge in [-0.15, -0.1) is 4.40 Å². The van der Waals surface area contributed by atoms with Gasteiger partial charge in [0.05, 0.1) is 0 Å². The normalized spacial score (nSPS) is 20.0. The number of benzene rings is 2. The number of rotatable bonds is 3.